The number of nitrogens with one attached hydrogen (secondary N) is 1. The lowest BCUT2D eigenvalue weighted by molar-refractivity contribution is 0.352. The van der Waals surface area contributed by atoms with Gasteiger partial charge in [-0.25, -0.2) is 0 Å². The Morgan fingerprint density at radius 1 is 1.36 bits per heavy atom. The van der Waals surface area contributed by atoms with Gasteiger partial charge in [-0.3, -0.25) is 0 Å². The zero-order chi connectivity index (χ0) is 7.52. The van der Waals surface area contributed by atoms with Gasteiger partial charge in [0, 0.05) is 12.6 Å². The Morgan fingerprint density at radius 3 is 2.82 bits per heavy atom. The summed E-state index contributed by atoms with van der Waals surface area (Å²) >= 11 is 0. The molecule has 1 aliphatic rings. The van der Waals surface area contributed by atoms with Gasteiger partial charge in [0.2, 0.25) is 0 Å². The Kier molecular flexibility index (Phi) is 1.92. The van der Waals surface area contributed by atoms with E-state index >= 15 is 0 Å². The number of hydrogen-bond donors (Lipinski definition) is 1. The van der Waals surface area contributed by atoms with Crippen molar-refractivity contribution in [2.75, 3.05) is 6.61 Å². The molecule has 1 heterocycles. The fourth-order valence-electron chi connectivity index (χ4n) is 1.20. The largest absolute Gasteiger partial charge is 0.422 e. The Balaban J connectivity index is 2.16. The van der Waals surface area contributed by atoms with Gasteiger partial charge in [0.1, 0.15) is 0 Å². The van der Waals surface area contributed by atoms with Gasteiger partial charge in [0.05, 0.1) is 0 Å². The van der Waals surface area contributed by atoms with Crippen LogP contribution >= 0.6 is 0 Å². The summed E-state index contributed by atoms with van der Waals surface area (Å²) in [6, 6.07) is 10.6. The molecule has 0 bridgehead atoms. The maximum Gasteiger partial charge on any atom is 0.396 e. The van der Waals surface area contributed by atoms with E-state index < -0.39 is 0 Å². The van der Waals surface area contributed by atoms with Crippen LogP contribution in [0.5, 0.6) is 0 Å². The first-order valence-corrected chi connectivity index (χ1v) is 3.71. The van der Waals surface area contributed by atoms with Gasteiger partial charge in [-0.15, -0.1) is 0 Å². The third kappa shape index (κ3) is 1.44. The predicted molar refractivity (Wildman–Crippen MR) is 44.0 cm³/mol. The summed E-state index contributed by atoms with van der Waals surface area (Å²) in [5.41, 5.74) is 1.28. The first kappa shape index (κ1) is 6.89. The van der Waals surface area contributed by atoms with E-state index in [0.29, 0.717) is 6.04 Å². The average molecular weight is 146 g/mol. The molecule has 0 spiro atoms. The third-order valence-electron chi connectivity index (χ3n) is 1.82. The van der Waals surface area contributed by atoms with Crippen LogP contribution in [-0.2, 0) is 4.65 Å². The topological polar surface area (TPSA) is 21.3 Å². The lowest BCUT2D eigenvalue weighted by Gasteiger charge is -2.07. The van der Waals surface area contributed by atoms with Crippen molar-refractivity contribution < 1.29 is 4.65 Å². The fourth-order valence-corrected chi connectivity index (χ4v) is 1.20. The standard InChI is InChI=1S/C8H9BNO/c1-2-4-7(5-3-1)8-6-11-9-10-8/h1-5,8,10H,6H2. The second-order valence-corrected chi connectivity index (χ2v) is 2.58. The van der Waals surface area contributed by atoms with Crippen molar-refractivity contribution in [3.8, 4) is 0 Å². The maximum atomic E-state index is 5.08. The highest BCUT2D eigenvalue weighted by atomic mass is 16.4. The van der Waals surface area contributed by atoms with E-state index in [0.717, 1.165) is 6.61 Å². The van der Waals surface area contributed by atoms with Crippen LogP contribution in [0.3, 0.4) is 0 Å². The molecule has 1 aromatic carbocycles. The minimum atomic E-state index is 0.344. The second kappa shape index (κ2) is 3.07. The molecule has 0 aliphatic carbocycles. The summed E-state index contributed by atoms with van der Waals surface area (Å²) < 4.78 is 5.08. The molecule has 0 saturated carbocycles. The maximum absolute atomic E-state index is 5.08. The monoisotopic (exact) mass is 146 g/mol. The minimum Gasteiger partial charge on any atom is -0.422 e. The summed E-state index contributed by atoms with van der Waals surface area (Å²) in [4.78, 5) is 0. The highest BCUT2D eigenvalue weighted by Crippen LogP contribution is 2.14. The fraction of sp³-hybridized carbons (Fsp3) is 0.250. The molecule has 2 nitrogen and oxygen atoms in total. The van der Waals surface area contributed by atoms with E-state index in [1.165, 1.54) is 5.56 Å². The van der Waals surface area contributed by atoms with Crippen molar-refractivity contribution in [2.24, 2.45) is 0 Å². The number of hydrogen-bond acceptors (Lipinski definition) is 2. The molecule has 11 heavy (non-hydrogen) atoms. The van der Waals surface area contributed by atoms with Crippen LogP contribution in [0, 0.1) is 0 Å². The minimum absolute atomic E-state index is 0.344. The molecule has 0 amide bonds. The third-order valence-corrected chi connectivity index (χ3v) is 1.82. The number of benzene rings is 1. The van der Waals surface area contributed by atoms with Crippen LogP contribution in [0.25, 0.3) is 0 Å². The molecular formula is C8H9BNO. The molecule has 1 fully saturated rings. The second-order valence-electron chi connectivity index (χ2n) is 2.58. The molecule has 1 unspecified atom stereocenters. The Labute approximate surface area is 66.9 Å². The van der Waals surface area contributed by atoms with E-state index in [9.17, 15) is 0 Å². The van der Waals surface area contributed by atoms with Crippen LogP contribution in [-0.4, -0.2) is 14.2 Å². The van der Waals surface area contributed by atoms with E-state index in [1.807, 2.05) is 18.2 Å². The van der Waals surface area contributed by atoms with Crippen molar-refractivity contribution in [2.45, 2.75) is 6.04 Å². The van der Waals surface area contributed by atoms with Crippen LogP contribution in [0.4, 0.5) is 0 Å². The Bertz CT molecular complexity index is 221. The van der Waals surface area contributed by atoms with Crippen molar-refractivity contribution in [1.29, 1.82) is 0 Å². The van der Waals surface area contributed by atoms with Crippen LogP contribution in [0.2, 0.25) is 0 Å². The lowest BCUT2D eigenvalue weighted by Crippen LogP contribution is -2.16. The lowest BCUT2D eigenvalue weighted by atomic mass is 10.1. The summed E-state index contributed by atoms with van der Waals surface area (Å²) in [5.74, 6) is 0. The summed E-state index contributed by atoms with van der Waals surface area (Å²) in [5, 5.41) is 3.13. The van der Waals surface area contributed by atoms with Gasteiger partial charge >= 0.3 is 7.62 Å². The molecule has 1 aromatic rings. The summed E-state index contributed by atoms with van der Waals surface area (Å²) in [7, 11) is 1.65. The normalized spacial score (nSPS) is 23.1. The van der Waals surface area contributed by atoms with E-state index in [2.05, 4.69) is 17.4 Å². The van der Waals surface area contributed by atoms with Gasteiger partial charge < -0.3 is 9.88 Å². The van der Waals surface area contributed by atoms with Crippen molar-refractivity contribution in [3.63, 3.8) is 0 Å². The zero-order valence-corrected chi connectivity index (χ0v) is 6.16. The molecular weight excluding hydrogens is 137 g/mol. The SMILES string of the molecule is [B]1NC(c2ccccc2)CO1. The first-order valence-electron chi connectivity index (χ1n) is 3.71. The number of rotatable bonds is 1. The smallest absolute Gasteiger partial charge is 0.396 e. The molecule has 3 heteroatoms. The van der Waals surface area contributed by atoms with Gasteiger partial charge in [-0.1, -0.05) is 30.3 Å². The Hall–Kier alpha value is -0.795. The van der Waals surface area contributed by atoms with E-state index in [-0.39, 0.29) is 0 Å². The predicted octanol–water partition coefficient (Wildman–Crippen LogP) is 0.882. The van der Waals surface area contributed by atoms with Crippen molar-refractivity contribution in [3.05, 3.63) is 35.9 Å². The molecule has 1 atom stereocenters. The molecule has 1 saturated heterocycles. The molecule has 1 N–H and O–H groups in total. The molecule has 2 rings (SSSR count). The quantitative estimate of drug-likeness (QED) is 0.593. The van der Waals surface area contributed by atoms with Crippen molar-refractivity contribution in [1.82, 2.24) is 5.23 Å². The van der Waals surface area contributed by atoms with Gasteiger partial charge in [0.15, 0.2) is 0 Å². The average Bonchev–Trinajstić information content (AvgIpc) is 2.58. The molecule has 55 valence electrons. The zero-order valence-electron chi connectivity index (χ0n) is 6.16. The molecule has 1 radical (unpaired) electrons. The Morgan fingerprint density at radius 2 is 2.18 bits per heavy atom. The first-order chi connectivity index (χ1) is 5.47. The highest BCUT2D eigenvalue weighted by Gasteiger charge is 2.17. The highest BCUT2D eigenvalue weighted by molar-refractivity contribution is 6.24. The summed E-state index contributed by atoms with van der Waals surface area (Å²) in [6.07, 6.45) is 0. The van der Waals surface area contributed by atoms with Gasteiger partial charge in [-0.2, -0.15) is 0 Å². The van der Waals surface area contributed by atoms with Gasteiger partial charge in [0.25, 0.3) is 0 Å². The molecule has 0 aromatic heterocycles. The van der Waals surface area contributed by atoms with Crippen LogP contribution < -0.4 is 5.23 Å². The van der Waals surface area contributed by atoms with E-state index in [4.69, 9.17) is 4.65 Å². The molecule has 1 aliphatic heterocycles. The van der Waals surface area contributed by atoms with E-state index in [1.54, 1.807) is 7.62 Å². The van der Waals surface area contributed by atoms with Crippen LogP contribution in [0.15, 0.2) is 30.3 Å². The summed E-state index contributed by atoms with van der Waals surface area (Å²) in [6.45, 7) is 0.740. The van der Waals surface area contributed by atoms with Crippen molar-refractivity contribution >= 4 is 7.62 Å². The van der Waals surface area contributed by atoms with Crippen LogP contribution in [0.1, 0.15) is 11.6 Å². The van der Waals surface area contributed by atoms with Gasteiger partial charge in [-0.05, 0) is 5.56 Å².